The summed E-state index contributed by atoms with van der Waals surface area (Å²) in [5, 5.41) is 8.14. The SMILES string of the molecule is C1CCOC1.C1CCOC1.C[N-]c1ccccc1C.C[N-]c1ccccc1C.[Br-].[Br-].[Zr+4]. The average molecular weight is 636 g/mol. The molecular formula is C24H36Br2N2O2Zr. The van der Waals surface area contributed by atoms with Crippen molar-refractivity contribution in [1.29, 1.82) is 0 Å². The molecule has 4 rings (SSSR count). The van der Waals surface area contributed by atoms with Gasteiger partial charge in [-0.1, -0.05) is 59.7 Å². The Bertz CT molecular complexity index is 570. The smallest absolute Gasteiger partial charge is 1.00 e. The molecule has 2 aliphatic rings. The minimum Gasteiger partial charge on any atom is -1.00 e. The first-order valence-corrected chi connectivity index (χ1v) is 10.2. The van der Waals surface area contributed by atoms with Crippen LogP contribution in [0.1, 0.15) is 36.8 Å². The van der Waals surface area contributed by atoms with Gasteiger partial charge in [-0.15, -0.1) is 25.5 Å². The van der Waals surface area contributed by atoms with E-state index in [0.717, 1.165) is 37.8 Å². The van der Waals surface area contributed by atoms with Crippen LogP contribution in [0.4, 0.5) is 11.4 Å². The number of hydrogen-bond donors (Lipinski definition) is 0. The third-order valence-electron chi connectivity index (χ3n) is 4.37. The van der Waals surface area contributed by atoms with E-state index >= 15 is 0 Å². The molecule has 0 atom stereocenters. The fourth-order valence-electron chi connectivity index (χ4n) is 2.65. The number of aryl methyl sites for hydroxylation is 2. The third-order valence-corrected chi connectivity index (χ3v) is 4.37. The van der Waals surface area contributed by atoms with Crippen molar-refractivity contribution in [1.82, 2.24) is 0 Å². The van der Waals surface area contributed by atoms with E-state index in [1.165, 1.54) is 36.8 Å². The van der Waals surface area contributed by atoms with Gasteiger partial charge in [0, 0.05) is 26.4 Å². The maximum Gasteiger partial charge on any atom is 4.00 e. The number of benzene rings is 2. The fraction of sp³-hybridized carbons (Fsp3) is 0.500. The fourth-order valence-corrected chi connectivity index (χ4v) is 2.65. The predicted octanol–water partition coefficient (Wildman–Crippen LogP) is 0.859. The van der Waals surface area contributed by atoms with E-state index in [0.29, 0.717) is 0 Å². The molecule has 0 radical (unpaired) electrons. The molecule has 0 aromatic heterocycles. The van der Waals surface area contributed by atoms with Gasteiger partial charge >= 0.3 is 26.2 Å². The molecule has 2 aliphatic heterocycles. The molecule has 7 heteroatoms. The summed E-state index contributed by atoms with van der Waals surface area (Å²) < 4.78 is 9.89. The van der Waals surface area contributed by atoms with Gasteiger partial charge in [0.1, 0.15) is 0 Å². The number of rotatable bonds is 2. The van der Waals surface area contributed by atoms with Crippen LogP contribution >= 0.6 is 0 Å². The quantitative estimate of drug-likeness (QED) is 0.492. The summed E-state index contributed by atoms with van der Waals surface area (Å²) in [5.74, 6) is 0. The predicted molar refractivity (Wildman–Crippen MR) is 120 cm³/mol. The van der Waals surface area contributed by atoms with Crippen LogP contribution in [0, 0.1) is 13.8 Å². The molecule has 0 amide bonds. The van der Waals surface area contributed by atoms with Crippen LogP contribution in [0.25, 0.3) is 10.6 Å². The van der Waals surface area contributed by atoms with Crippen molar-refractivity contribution in [2.45, 2.75) is 39.5 Å². The topological polar surface area (TPSA) is 46.7 Å². The normalized spacial score (nSPS) is 13.0. The van der Waals surface area contributed by atoms with Gasteiger partial charge in [-0.2, -0.15) is 0 Å². The van der Waals surface area contributed by atoms with Crippen molar-refractivity contribution in [3.63, 3.8) is 0 Å². The van der Waals surface area contributed by atoms with E-state index in [1.807, 2.05) is 50.5 Å². The summed E-state index contributed by atoms with van der Waals surface area (Å²) in [6.45, 7) is 8.12. The van der Waals surface area contributed by atoms with Crippen molar-refractivity contribution in [2.24, 2.45) is 0 Å². The first-order chi connectivity index (χ1) is 13.7. The van der Waals surface area contributed by atoms with Crippen LogP contribution in [-0.2, 0) is 35.7 Å². The zero-order valence-electron chi connectivity index (χ0n) is 19.2. The Labute approximate surface area is 229 Å². The number of para-hydroxylation sites is 2. The molecule has 2 aromatic carbocycles. The van der Waals surface area contributed by atoms with Gasteiger partial charge in [0.05, 0.1) is 0 Å². The van der Waals surface area contributed by atoms with Gasteiger partial charge in [-0.25, -0.2) is 0 Å². The van der Waals surface area contributed by atoms with Gasteiger partial charge < -0.3 is 54.1 Å². The minimum absolute atomic E-state index is 0. The molecule has 2 saturated heterocycles. The van der Waals surface area contributed by atoms with Crippen LogP contribution in [-0.4, -0.2) is 40.5 Å². The maximum atomic E-state index is 4.94. The molecular weight excluding hydrogens is 599 g/mol. The van der Waals surface area contributed by atoms with Crippen LogP contribution in [0.2, 0.25) is 0 Å². The second kappa shape index (κ2) is 24.4. The molecule has 0 aliphatic carbocycles. The van der Waals surface area contributed by atoms with Crippen LogP contribution in [0.3, 0.4) is 0 Å². The van der Waals surface area contributed by atoms with E-state index < -0.39 is 0 Å². The van der Waals surface area contributed by atoms with Crippen LogP contribution in [0.15, 0.2) is 48.5 Å². The molecule has 2 fully saturated rings. The maximum absolute atomic E-state index is 4.94. The Hall–Kier alpha value is -0.197. The second-order valence-electron chi connectivity index (χ2n) is 6.66. The molecule has 4 nitrogen and oxygen atoms in total. The standard InChI is InChI=1S/2C8H10N.2C4H8O.2BrH.Zr/c2*1-7-5-3-4-6-8(7)9-2;2*1-2-4-5-3-1;;;/h2*3-6H,1-2H3;2*1-4H2;2*1H;/q2*-1;;;;;+4/p-2. The van der Waals surface area contributed by atoms with Crippen LogP contribution < -0.4 is 34.0 Å². The molecule has 31 heavy (non-hydrogen) atoms. The van der Waals surface area contributed by atoms with E-state index in [4.69, 9.17) is 9.47 Å². The number of ether oxygens (including phenoxy) is 2. The summed E-state index contributed by atoms with van der Waals surface area (Å²) in [5.41, 5.74) is 4.63. The minimum atomic E-state index is 0. The zero-order chi connectivity index (χ0) is 20.5. The number of nitrogens with zero attached hydrogens (tertiary/aromatic N) is 2. The van der Waals surface area contributed by atoms with Crippen molar-refractivity contribution in [3.8, 4) is 0 Å². The zero-order valence-corrected chi connectivity index (χ0v) is 24.9. The Morgan fingerprint density at radius 1 is 0.581 bits per heavy atom. The molecule has 2 heterocycles. The van der Waals surface area contributed by atoms with Crippen molar-refractivity contribution in [2.75, 3.05) is 40.5 Å². The molecule has 2 aromatic rings. The van der Waals surface area contributed by atoms with Crippen molar-refractivity contribution < 1.29 is 69.6 Å². The van der Waals surface area contributed by atoms with Gasteiger partial charge in [0.15, 0.2) is 0 Å². The summed E-state index contributed by atoms with van der Waals surface area (Å²) in [6.07, 6.45) is 5.11. The monoisotopic (exact) mass is 632 g/mol. The van der Waals surface area contributed by atoms with E-state index in [9.17, 15) is 0 Å². The van der Waals surface area contributed by atoms with E-state index in [1.54, 1.807) is 0 Å². The van der Waals surface area contributed by atoms with E-state index in [-0.39, 0.29) is 60.2 Å². The molecule has 0 spiro atoms. The molecule has 172 valence electrons. The summed E-state index contributed by atoms with van der Waals surface area (Å²) >= 11 is 0. The van der Waals surface area contributed by atoms with Gasteiger partial charge in [-0.3, -0.25) is 0 Å². The summed E-state index contributed by atoms with van der Waals surface area (Å²) in [7, 11) is 3.62. The largest absolute Gasteiger partial charge is 4.00 e. The molecule has 0 saturated carbocycles. The van der Waals surface area contributed by atoms with Crippen molar-refractivity contribution in [3.05, 3.63) is 70.3 Å². The Balaban J connectivity index is -0.000000337. The Morgan fingerprint density at radius 2 is 0.871 bits per heavy atom. The summed E-state index contributed by atoms with van der Waals surface area (Å²) in [6, 6.07) is 16.2. The van der Waals surface area contributed by atoms with Crippen LogP contribution in [0.5, 0.6) is 0 Å². The van der Waals surface area contributed by atoms with Gasteiger partial charge in [-0.05, 0) is 39.5 Å². The number of hydrogen-bond acceptors (Lipinski definition) is 2. The first kappa shape index (κ1) is 35.4. The summed E-state index contributed by atoms with van der Waals surface area (Å²) in [4.78, 5) is 0. The molecule has 0 N–H and O–H groups in total. The van der Waals surface area contributed by atoms with Gasteiger partial charge in [0.25, 0.3) is 0 Å². The number of halogens is 2. The first-order valence-electron chi connectivity index (χ1n) is 10.2. The average Bonchev–Trinajstić information content (AvgIpc) is 3.48. The molecule has 0 bridgehead atoms. The van der Waals surface area contributed by atoms with Gasteiger partial charge in [0.2, 0.25) is 0 Å². The van der Waals surface area contributed by atoms with E-state index in [2.05, 4.69) is 36.6 Å². The Kier molecular flexibility index (Phi) is 27.9. The molecule has 0 unspecified atom stereocenters. The Morgan fingerprint density at radius 3 is 1.03 bits per heavy atom. The van der Waals surface area contributed by atoms with Crippen molar-refractivity contribution >= 4 is 11.4 Å². The third kappa shape index (κ3) is 18.0. The second-order valence-corrected chi connectivity index (χ2v) is 6.66.